The Kier molecular flexibility index (Phi) is 5.39. The van der Waals surface area contributed by atoms with Crippen LogP contribution in [0.2, 0.25) is 0 Å². The SMILES string of the molecule is O=C(O)[C@@H]1CN(C(=O)Nc2ccc(Oc3ccccn3)cc2)C[C@H]1C(F)(F)F. The van der Waals surface area contributed by atoms with Crippen molar-refractivity contribution in [3.8, 4) is 11.6 Å². The first-order valence-corrected chi connectivity index (χ1v) is 8.28. The van der Waals surface area contributed by atoms with Crippen LogP contribution in [-0.4, -0.2) is 46.3 Å². The fourth-order valence-electron chi connectivity index (χ4n) is 2.89. The molecule has 1 aliphatic rings. The van der Waals surface area contributed by atoms with E-state index in [2.05, 4.69) is 10.3 Å². The van der Waals surface area contributed by atoms with E-state index in [0.29, 0.717) is 17.3 Å². The molecule has 10 heteroatoms. The van der Waals surface area contributed by atoms with Gasteiger partial charge in [0, 0.05) is 31.0 Å². The molecule has 3 rings (SSSR count). The number of anilines is 1. The molecule has 148 valence electrons. The lowest BCUT2D eigenvalue weighted by Crippen LogP contribution is -2.35. The highest BCUT2D eigenvalue weighted by molar-refractivity contribution is 5.90. The highest BCUT2D eigenvalue weighted by atomic mass is 19.4. The number of hydrogen-bond acceptors (Lipinski definition) is 4. The molecule has 0 bridgehead atoms. The van der Waals surface area contributed by atoms with Gasteiger partial charge in [0.1, 0.15) is 5.75 Å². The number of rotatable bonds is 4. The van der Waals surface area contributed by atoms with E-state index in [1.807, 2.05) is 0 Å². The Hall–Kier alpha value is -3.30. The van der Waals surface area contributed by atoms with E-state index >= 15 is 0 Å². The monoisotopic (exact) mass is 395 g/mol. The maximum absolute atomic E-state index is 13.0. The van der Waals surface area contributed by atoms with Gasteiger partial charge in [-0.3, -0.25) is 4.79 Å². The first kappa shape index (κ1) is 19.5. The molecule has 1 saturated heterocycles. The summed E-state index contributed by atoms with van der Waals surface area (Å²) in [6.45, 7) is -1.21. The van der Waals surface area contributed by atoms with Gasteiger partial charge in [-0.1, -0.05) is 6.07 Å². The number of nitrogens with one attached hydrogen (secondary N) is 1. The van der Waals surface area contributed by atoms with Gasteiger partial charge in [-0.2, -0.15) is 13.2 Å². The quantitative estimate of drug-likeness (QED) is 0.825. The molecule has 1 aliphatic heterocycles. The van der Waals surface area contributed by atoms with Gasteiger partial charge in [-0.25, -0.2) is 9.78 Å². The molecule has 0 aliphatic carbocycles. The first-order valence-electron chi connectivity index (χ1n) is 8.28. The fourth-order valence-corrected chi connectivity index (χ4v) is 2.89. The number of carbonyl (C=O) groups excluding carboxylic acids is 1. The van der Waals surface area contributed by atoms with E-state index in [-0.39, 0.29) is 0 Å². The number of pyridine rings is 1. The Morgan fingerprint density at radius 1 is 1.14 bits per heavy atom. The Morgan fingerprint density at radius 2 is 1.86 bits per heavy atom. The molecule has 2 amide bonds. The van der Waals surface area contributed by atoms with E-state index in [1.165, 1.54) is 12.1 Å². The van der Waals surface area contributed by atoms with Gasteiger partial charge in [0.2, 0.25) is 5.88 Å². The van der Waals surface area contributed by atoms with Crippen molar-refractivity contribution in [2.75, 3.05) is 18.4 Å². The second kappa shape index (κ2) is 7.75. The molecule has 2 N–H and O–H groups in total. The third-order valence-corrected chi connectivity index (χ3v) is 4.31. The summed E-state index contributed by atoms with van der Waals surface area (Å²) in [6.07, 6.45) is -3.12. The molecule has 2 heterocycles. The van der Waals surface area contributed by atoms with Crippen molar-refractivity contribution in [1.29, 1.82) is 0 Å². The number of likely N-dealkylation sites (tertiary alicyclic amines) is 1. The molecule has 1 aromatic carbocycles. The van der Waals surface area contributed by atoms with Gasteiger partial charge in [0.05, 0.1) is 11.8 Å². The van der Waals surface area contributed by atoms with Crippen molar-refractivity contribution >= 4 is 17.7 Å². The number of amides is 2. The summed E-state index contributed by atoms with van der Waals surface area (Å²) in [6, 6.07) is 10.5. The van der Waals surface area contributed by atoms with Crippen LogP contribution in [0.5, 0.6) is 11.6 Å². The number of carbonyl (C=O) groups is 2. The number of halogens is 3. The van der Waals surface area contributed by atoms with Crippen LogP contribution in [0.15, 0.2) is 48.7 Å². The number of carboxylic acid groups (broad SMARTS) is 1. The van der Waals surface area contributed by atoms with Crippen LogP contribution in [0, 0.1) is 11.8 Å². The zero-order chi connectivity index (χ0) is 20.3. The summed E-state index contributed by atoms with van der Waals surface area (Å²) in [4.78, 5) is 28.2. The lowest BCUT2D eigenvalue weighted by atomic mass is 9.96. The molecular weight excluding hydrogens is 379 g/mol. The summed E-state index contributed by atoms with van der Waals surface area (Å²) >= 11 is 0. The average Bonchev–Trinajstić information content (AvgIpc) is 3.11. The first-order chi connectivity index (χ1) is 13.2. The second-order valence-electron chi connectivity index (χ2n) is 6.22. The van der Waals surface area contributed by atoms with Crippen LogP contribution in [0.4, 0.5) is 23.7 Å². The van der Waals surface area contributed by atoms with Crippen LogP contribution in [0.25, 0.3) is 0 Å². The van der Waals surface area contributed by atoms with Crippen molar-refractivity contribution in [2.24, 2.45) is 11.8 Å². The Balaban J connectivity index is 1.62. The van der Waals surface area contributed by atoms with Gasteiger partial charge >= 0.3 is 18.2 Å². The van der Waals surface area contributed by atoms with Crippen LogP contribution in [0.3, 0.4) is 0 Å². The van der Waals surface area contributed by atoms with Crippen molar-refractivity contribution < 1.29 is 32.6 Å². The largest absolute Gasteiger partial charge is 0.481 e. The van der Waals surface area contributed by atoms with Gasteiger partial charge in [-0.15, -0.1) is 0 Å². The molecule has 0 unspecified atom stereocenters. The highest BCUT2D eigenvalue weighted by Gasteiger charge is 2.53. The summed E-state index contributed by atoms with van der Waals surface area (Å²) < 4.78 is 44.6. The number of aromatic nitrogens is 1. The summed E-state index contributed by atoms with van der Waals surface area (Å²) in [5, 5.41) is 11.5. The highest BCUT2D eigenvalue weighted by Crippen LogP contribution is 2.38. The van der Waals surface area contributed by atoms with Gasteiger partial charge in [-0.05, 0) is 30.3 Å². The minimum Gasteiger partial charge on any atom is -0.481 e. The minimum atomic E-state index is -4.69. The maximum Gasteiger partial charge on any atom is 0.394 e. The molecule has 1 fully saturated rings. The van der Waals surface area contributed by atoms with Crippen LogP contribution >= 0.6 is 0 Å². The van der Waals surface area contributed by atoms with Crippen molar-refractivity contribution in [1.82, 2.24) is 9.88 Å². The molecule has 0 radical (unpaired) electrons. The molecule has 1 aromatic heterocycles. The predicted molar refractivity (Wildman–Crippen MR) is 92.0 cm³/mol. The molecule has 0 spiro atoms. The molecule has 0 saturated carbocycles. The standard InChI is InChI=1S/C18H16F3N3O4/c19-18(20,21)14-10-24(9-13(14)16(25)26)17(27)23-11-4-6-12(7-5-11)28-15-3-1-2-8-22-15/h1-8,13-14H,9-10H2,(H,23,27)(H,25,26)/t13-,14-/m1/s1. The zero-order valence-electron chi connectivity index (χ0n) is 14.4. The maximum atomic E-state index is 13.0. The van der Waals surface area contributed by atoms with Gasteiger partial charge in [0.25, 0.3) is 0 Å². The second-order valence-corrected chi connectivity index (χ2v) is 6.22. The predicted octanol–water partition coefficient (Wildman–Crippen LogP) is 3.60. The zero-order valence-corrected chi connectivity index (χ0v) is 14.4. The van der Waals surface area contributed by atoms with Crippen LogP contribution in [0.1, 0.15) is 0 Å². The molecular formula is C18H16F3N3O4. The van der Waals surface area contributed by atoms with Crippen molar-refractivity contribution in [3.05, 3.63) is 48.7 Å². The lowest BCUT2D eigenvalue weighted by Gasteiger charge is -2.18. The third kappa shape index (κ3) is 4.51. The average molecular weight is 395 g/mol. The van der Waals surface area contributed by atoms with Gasteiger partial charge in [0.15, 0.2) is 0 Å². The summed E-state index contributed by atoms with van der Waals surface area (Å²) in [7, 11) is 0. The molecule has 2 atom stereocenters. The number of nitrogens with zero attached hydrogens (tertiary/aromatic N) is 2. The fraction of sp³-hybridized carbons (Fsp3) is 0.278. The number of urea groups is 1. The number of carboxylic acids is 1. The summed E-state index contributed by atoms with van der Waals surface area (Å²) in [5.41, 5.74) is 0.334. The number of hydrogen-bond donors (Lipinski definition) is 2. The Morgan fingerprint density at radius 3 is 2.39 bits per heavy atom. The Labute approximate surface area is 157 Å². The van der Waals surface area contributed by atoms with Crippen molar-refractivity contribution in [2.45, 2.75) is 6.18 Å². The minimum absolute atomic E-state index is 0.334. The van der Waals surface area contributed by atoms with E-state index in [4.69, 9.17) is 9.84 Å². The van der Waals surface area contributed by atoms with E-state index in [9.17, 15) is 22.8 Å². The Bertz CT molecular complexity index is 843. The molecule has 7 nitrogen and oxygen atoms in total. The lowest BCUT2D eigenvalue weighted by molar-refractivity contribution is -0.187. The topological polar surface area (TPSA) is 91.8 Å². The van der Waals surface area contributed by atoms with Crippen molar-refractivity contribution in [3.63, 3.8) is 0 Å². The van der Waals surface area contributed by atoms with E-state index in [1.54, 1.807) is 36.5 Å². The smallest absolute Gasteiger partial charge is 0.394 e. The van der Waals surface area contributed by atoms with E-state index < -0.39 is 43.1 Å². The molecule has 2 aromatic rings. The normalized spacial score (nSPS) is 19.3. The number of benzene rings is 1. The number of alkyl halides is 3. The molecule has 28 heavy (non-hydrogen) atoms. The summed E-state index contributed by atoms with van der Waals surface area (Å²) in [5.74, 6) is -4.51. The third-order valence-electron chi connectivity index (χ3n) is 4.31. The number of ether oxygens (including phenoxy) is 1. The number of aliphatic carboxylic acids is 1. The van der Waals surface area contributed by atoms with Crippen LogP contribution in [-0.2, 0) is 4.79 Å². The van der Waals surface area contributed by atoms with E-state index in [0.717, 1.165) is 4.90 Å². The van der Waals surface area contributed by atoms with Gasteiger partial charge < -0.3 is 20.1 Å². The van der Waals surface area contributed by atoms with Crippen LogP contribution < -0.4 is 10.1 Å².